The molecule has 0 spiro atoms. The maximum Gasteiger partial charge on any atom is 0.261 e. The fourth-order valence-corrected chi connectivity index (χ4v) is 4.12. The van der Waals surface area contributed by atoms with Gasteiger partial charge in [-0.2, -0.15) is 5.10 Å². The van der Waals surface area contributed by atoms with Gasteiger partial charge in [-0.15, -0.1) is 0 Å². The zero-order valence-electron chi connectivity index (χ0n) is 17.2. The van der Waals surface area contributed by atoms with E-state index in [2.05, 4.69) is 15.4 Å². The van der Waals surface area contributed by atoms with Gasteiger partial charge in [0, 0.05) is 24.3 Å². The van der Waals surface area contributed by atoms with Gasteiger partial charge in [-0.1, -0.05) is 0 Å². The quantitative estimate of drug-likeness (QED) is 0.646. The van der Waals surface area contributed by atoms with Crippen LogP contribution in [-0.4, -0.2) is 46.6 Å². The third-order valence-electron chi connectivity index (χ3n) is 5.79. The van der Waals surface area contributed by atoms with Gasteiger partial charge in [-0.3, -0.25) is 9.48 Å². The summed E-state index contributed by atoms with van der Waals surface area (Å²) in [6.07, 6.45) is 7.37. The Kier molecular flexibility index (Phi) is 5.85. The fourth-order valence-electron chi connectivity index (χ4n) is 4.12. The lowest BCUT2D eigenvalue weighted by molar-refractivity contribution is 0.102. The average molecular weight is 410 g/mol. The lowest BCUT2D eigenvalue weighted by atomic mass is 9.86. The van der Waals surface area contributed by atoms with Crippen molar-refractivity contribution in [3.05, 3.63) is 42.2 Å². The van der Waals surface area contributed by atoms with Gasteiger partial charge in [0.1, 0.15) is 11.3 Å². The van der Waals surface area contributed by atoms with E-state index in [4.69, 9.17) is 9.47 Å². The number of benzene rings is 1. The van der Waals surface area contributed by atoms with Crippen molar-refractivity contribution >= 4 is 22.5 Å². The number of hydrogen-bond acceptors (Lipinski definition) is 6. The van der Waals surface area contributed by atoms with Gasteiger partial charge < -0.3 is 19.9 Å². The molecule has 2 aromatic heterocycles. The molecule has 0 bridgehead atoms. The number of nitrogens with one attached hydrogen (secondary N) is 1. The molecule has 0 unspecified atom stereocenters. The predicted molar refractivity (Wildman–Crippen MR) is 113 cm³/mol. The number of anilines is 1. The highest BCUT2D eigenvalue weighted by Crippen LogP contribution is 2.36. The first-order valence-corrected chi connectivity index (χ1v) is 10.1. The summed E-state index contributed by atoms with van der Waals surface area (Å²) >= 11 is 0. The number of methoxy groups -OCH3 is 2. The van der Waals surface area contributed by atoms with E-state index in [-0.39, 0.29) is 18.4 Å². The maximum atomic E-state index is 12.8. The number of fused-ring (bicyclic) bond motifs is 1. The van der Waals surface area contributed by atoms with Gasteiger partial charge in [-0.05, 0) is 49.8 Å². The molecule has 0 radical (unpaired) electrons. The second-order valence-corrected chi connectivity index (χ2v) is 7.57. The number of pyridine rings is 1. The van der Waals surface area contributed by atoms with E-state index in [1.54, 1.807) is 25.4 Å². The van der Waals surface area contributed by atoms with E-state index in [0.29, 0.717) is 29.0 Å². The normalized spacial score (nSPS) is 18.9. The minimum absolute atomic E-state index is 0.255. The summed E-state index contributed by atoms with van der Waals surface area (Å²) < 4.78 is 12.8. The van der Waals surface area contributed by atoms with E-state index in [1.165, 1.54) is 7.11 Å². The van der Waals surface area contributed by atoms with Crippen molar-refractivity contribution in [2.24, 2.45) is 5.92 Å². The summed E-state index contributed by atoms with van der Waals surface area (Å²) in [7, 11) is 3.06. The van der Waals surface area contributed by atoms with Gasteiger partial charge in [-0.25, -0.2) is 4.98 Å². The van der Waals surface area contributed by atoms with Crippen LogP contribution in [0.25, 0.3) is 10.9 Å². The SMILES string of the molecule is COc1cc2c(cnn2C2CCC(CO)CC2)cc1NC(=O)c1cccnc1OC. The van der Waals surface area contributed by atoms with Crippen molar-refractivity contribution in [2.45, 2.75) is 31.7 Å². The van der Waals surface area contributed by atoms with E-state index < -0.39 is 0 Å². The number of nitrogens with zero attached hydrogens (tertiary/aromatic N) is 3. The topological polar surface area (TPSA) is 98.5 Å². The number of aliphatic hydroxyl groups is 1. The van der Waals surface area contributed by atoms with Crippen LogP contribution in [0.2, 0.25) is 0 Å². The van der Waals surface area contributed by atoms with E-state index in [9.17, 15) is 9.90 Å². The molecule has 8 nitrogen and oxygen atoms in total. The number of rotatable bonds is 6. The maximum absolute atomic E-state index is 12.8. The molecule has 0 atom stereocenters. The Bertz CT molecular complexity index is 1040. The molecule has 158 valence electrons. The smallest absolute Gasteiger partial charge is 0.261 e. The number of carbonyl (C=O) groups is 1. The second kappa shape index (κ2) is 8.71. The summed E-state index contributed by atoms with van der Waals surface area (Å²) in [5.41, 5.74) is 1.87. The van der Waals surface area contributed by atoms with Crippen molar-refractivity contribution < 1.29 is 19.4 Å². The number of aromatic nitrogens is 3. The number of ether oxygens (including phenoxy) is 2. The van der Waals surface area contributed by atoms with E-state index in [0.717, 1.165) is 36.6 Å². The minimum Gasteiger partial charge on any atom is -0.494 e. The molecular formula is C22H26N4O4. The molecule has 30 heavy (non-hydrogen) atoms. The Labute approximate surface area is 174 Å². The van der Waals surface area contributed by atoms with E-state index >= 15 is 0 Å². The average Bonchev–Trinajstić information content (AvgIpc) is 3.21. The molecule has 1 saturated carbocycles. The van der Waals surface area contributed by atoms with Crippen molar-refractivity contribution in [1.29, 1.82) is 0 Å². The van der Waals surface area contributed by atoms with Crippen molar-refractivity contribution in [1.82, 2.24) is 14.8 Å². The fraction of sp³-hybridized carbons (Fsp3) is 0.409. The van der Waals surface area contributed by atoms with Crippen LogP contribution in [0.1, 0.15) is 42.1 Å². The van der Waals surface area contributed by atoms with Crippen molar-refractivity contribution in [2.75, 3.05) is 26.1 Å². The standard InChI is InChI=1S/C22H26N4O4/c1-29-20-11-19-15(12-24-26(19)16-7-5-14(13-27)6-8-16)10-18(20)25-21(28)17-4-3-9-23-22(17)30-2/h3-4,9-12,14,16,27H,5-8,13H2,1-2H3,(H,25,28). The number of carbonyl (C=O) groups excluding carboxylic acids is 1. The zero-order chi connectivity index (χ0) is 21.1. The highest BCUT2D eigenvalue weighted by Gasteiger charge is 2.24. The lowest BCUT2D eigenvalue weighted by Crippen LogP contribution is -2.20. The number of hydrogen-bond donors (Lipinski definition) is 2. The van der Waals surface area contributed by atoms with Gasteiger partial charge in [0.15, 0.2) is 0 Å². The third-order valence-corrected chi connectivity index (χ3v) is 5.79. The summed E-state index contributed by atoms with van der Waals surface area (Å²) in [4.78, 5) is 16.9. The second-order valence-electron chi connectivity index (χ2n) is 7.57. The van der Waals surface area contributed by atoms with E-state index in [1.807, 2.05) is 23.0 Å². The Morgan fingerprint density at radius 3 is 2.73 bits per heavy atom. The molecule has 4 rings (SSSR count). The zero-order valence-corrected chi connectivity index (χ0v) is 17.2. The van der Waals surface area contributed by atoms with Crippen LogP contribution < -0.4 is 14.8 Å². The van der Waals surface area contributed by atoms with Crippen LogP contribution in [0.3, 0.4) is 0 Å². The van der Waals surface area contributed by atoms with Gasteiger partial charge >= 0.3 is 0 Å². The third kappa shape index (κ3) is 3.82. The van der Waals surface area contributed by atoms with Crippen LogP contribution in [0.5, 0.6) is 11.6 Å². The number of aliphatic hydroxyl groups excluding tert-OH is 1. The molecule has 2 heterocycles. The minimum atomic E-state index is -0.327. The molecule has 1 amide bonds. The van der Waals surface area contributed by atoms with Gasteiger partial charge in [0.05, 0.1) is 37.7 Å². The first-order chi connectivity index (χ1) is 14.6. The molecule has 2 N–H and O–H groups in total. The van der Waals surface area contributed by atoms with Crippen molar-refractivity contribution in [3.8, 4) is 11.6 Å². The summed E-state index contributed by atoms with van der Waals surface area (Å²) in [6, 6.07) is 7.43. The largest absolute Gasteiger partial charge is 0.494 e. The van der Waals surface area contributed by atoms with Crippen LogP contribution in [0, 0.1) is 5.92 Å². The molecule has 8 heteroatoms. The van der Waals surface area contributed by atoms with Crippen LogP contribution in [0.4, 0.5) is 5.69 Å². The monoisotopic (exact) mass is 410 g/mol. The highest BCUT2D eigenvalue weighted by atomic mass is 16.5. The molecule has 1 aliphatic rings. The predicted octanol–water partition coefficient (Wildman–Crippen LogP) is 3.42. The Morgan fingerprint density at radius 1 is 1.23 bits per heavy atom. The molecule has 1 fully saturated rings. The molecule has 3 aromatic rings. The van der Waals surface area contributed by atoms with Crippen LogP contribution in [-0.2, 0) is 0 Å². The van der Waals surface area contributed by atoms with Crippen LogP contribution >= 0.6 is 0 Å². The first kappa shape index (κ1) is 20.2. The molecule has 1 aromatic carbocycles. The molecule has 1 aliphatic carbocycles. The highest BCUT2D eigenvalue weighted by molar-refractivity contribution is 6.07. The Morgan fingerprint density at radius 2 is 2.03 bits per heavy atom. The summed E-state index contributed by atoms with van der Waals surface area (Å²) in [6.45, 7) is 0.255. The van der Waals surface area contributed by atoms with Gasteiger partial charge in [0.25, 0.3) is 5.91 Å². The van der Waals surface area contributed by atoms with Crippen LogP contribution in [0.15, 0.2) is 36.7 Å². The molecular weight excluding hydrogens is 384 g/mol. The van der Waals surface area contributed by atoms with Crippen molar-refractivity contribution in [3.63, 3.8) is 0 Å². The summed E-state index contributed by atoms with van der Waals surface area (Å²) in [5.74, 6) is 0.891. The lowest BCUT2D eigenvalue weighted by Gasteiger charge is -2.28. The Balaban J connectivity index is 1.62. The van der Waals surface area contributed by atoms with Gasteiger partial charge in [0.2, 0.25) is 5.88 Å². The molecule has 0 aliphatic heterocycles. The number of amides is 1. The first-order valence-electron chi connectivity index (χ1n) is 10.1. The summed E-state index contributed by atoms with van der Waals surface area (Å²) in [5, 5.41) is 17.8. The molecule has 0 saturated heterocycles. The Hall–Kier alpha value is -3.13.